The third-order valence-corrected chi connectivity index (χ3v) is 7.15. The van der Waals surface area contributed by atoms with Crippen LogP contribution in [0.1, 0.15) is 56.7 Å². The Bertz CT molecular complexity index is 1040. The quantitative estimate of drug-likeness (QED) is 0.632. The van der Waals surface area contributed by atoms with Crippen LogP contribution < -0.4 is 5.32 Å². The van der Waals surface area contributed by atoms with E-state index in [1.165, 1.54) is 5.56 Å². The second kappa shape index (κ2) is 10.0. The number of nitrogens with zero attached hydrogens (tertiary/aromatic N) is 1. The van der Waals surface area contributed by atoms with Gasteiger partial charge in [0.1, 0.15) is 12.6 Å². The lowest BCUT2D eigenvalue weighted by Gasteiger charge is -2.48. The van der Waals surface area contributed by atoms with Crippen molar-refractivity contribution in [2.24, 2.45) is 11.3 Å². The van der Waals surface area contributed by atoms with Gasteiger partial charge >= 0.3 is 0 Å². The molecule has 2 aliphatic rings. The number of morpholine rings is 1. The van der Waals surface area contributed by atoms with Gasteiger partial charge in [-0.3, -0.25) is 9.59 Å². The largest absolute Gasteiger partial charge is 0.482 e. The van der Waals surface area contributed by atoms with Gasteiger partial charge in [-0.2, -0.15) is 0 Å². The minimum atomic E-state index is -0.204. The van der Waals surface area contributed by atoms with Crippen LogP contribution in [-0.2, 0) is 20.9 Å². The maximum absolute atomic E-state index is 13.5. The Balaban J connectivity index is 1.53. The smallest absolute Gasteiger partial charge is 0.289 e. The highest BCUT2D eigenvalue weighted by atomic mass is 16.5. The van der Waals surface area contributed by atoms with Gasteiger partial charge in [0.05, 0.1) is 6.04 Å². The molecule has 0 radical (unpaired) electrons. The van der Waals surface area contributed by atoms with Crippen molar-refractivity contribution in [3.05, 3.63) is 77.0 Å². The minimum absolute atomic E-state index is 0.0399. The number of amides is 2. The number of fused-ring (bicyclic) bond motifs is 1. The third-order valence-electron chi connectivity index (χ3n) is 7.15. The summed E-state index contributed by atoms with van der Waals surface area (Å²) < 4.78 is 6.26. The van der Waals surface area contributed by atoms with Gasteiger partial charge < -0.3 is 15.0 Å². The van der Waals surface area contributed by atoms with Crippen LogP contribution in [0.15, 0.2) is 60.4 Å². The van der Waals surface area contributed by atoms with E-state index in [9.17, 15) is 9.59 Å². The number of ether oxygens (including phenoxy) is 1. The summed E-state index contributed by atoms with van der Waals surface area (Å²) in [5.41, 5.74) is 3.29. The summed E-state index contributed by atoms with van der Waals surface area (Å²) in [5.74, 6) is 0.451. The maximum Gasteiger partial charge on any atom is 0.289 e. The molecule has 0 spiro atoms. The Kier molecular flexibility index (Phi) is 7.11. The van der Waals surface area contributed by atoms with Crippen molar-refractivity contribution >= 4 is 17.9 Å². The van der Waals surface area contributed by atoms with Crippen LogP contribution in [0, 0.1) is 18.3 Å². The zero-order chi connectivity index (χ0) is 24.3. The highest BCUT2D eigenvalue weighted by Crippen LogP contribution is 2.42. The van der Waals surface area contributed by atoms with Crippen molar-refractivity contribution in [2.45, 2.75) is 65.6 Å². The number of carbonyl (C=O) groups is 2. The molecular weight excluding hydrogens is 424 g/mol. The second-order valence-corrected chi connectivity index (χ2v) is 10.7. The van der Waals surface area contributed by atoms with E-state index in [1.807, 2.05) is 61.5 Å². The van der Waals surface area contributed by atoms with Gasteiger partial charge in [0.25, 0.3) is 5.91 Å². The molecule has 2 aromatic carbocycles. The van der Waals surface area contributed by atoms with E-state index < -0.39 is 0 Å². The van der Waals surface area contributed by atoms with Gasteiger partial charge in [0, 0.05) is 6.54 Å². The number of carbonyl (C=O) groups excluding carboxylic acids is 2. The Morgan fingerprint density at radius 2 is 1.79 bits per heavy atom. The lowest BCUT2D eigenvalue weighted by Crippen LogP contribution is -2.58. The van der Waals surface area contributed by atoms with E-state index in [0.717, 1.165) is 30.4 Å². The molecule has 2 aromatic rings. The van der Waals surface area contributed by atoms with Crippen molar-refractivity contribution < 1.29 is 14.3 Å². The summed E-state index contributed by atoms with van der Waals surface area (Å²) in [5, 5.41) is 2.99. The van der Waals surface area contributed by atoms with Crippen molar-refractivity contribution in [3.63, 3.8) is 0 Å². The second-order valence-electron chi connectivity index (χ2n) is 10.7. The molecule has 2 amide bonds. The Hall–Kier alpha value is -3.08. The lowest BCUT2D eigenvalue weighted by molar-refractivity contribution is -0.154. The van der Waals surface area contributed by atoms with Gasteiger partial charge in [-0.1, -0.05) is 80.9 Å². The molecule has 5 heteroatoms. The monoisotopic (exact) mass is 460 g/mol. The Labute approximate surface area is 203 Å². The molecule has 3 atom stereocenters. The molecule has 5 nitrogen and oxygen atoms in total. The highest BCUT2D eigenvalue weighted by molar-refractivity contribution is 5.98. The minimum Gasteiger partial charge on any atom is -0.482 e. The molecule has 3 unspecified atom stereocenters. The van der Waals surface area contributed by atoms with E-state index in [2.05, 4.69) is 26.1 Å². The molecule has 1 aliphatic heterocycles. The highest BCUT2D eigenvalue weighted by Gasteiger charge is 2.46. The van der Waals surface area contributed by atoms with E-state index >= 15 is 0 Å². The first-order valence-corrected chi connectivity index (χ1v) is 12.3. The van der Waals surface area contributed by atoms with Crippen molar-refractivity contribution in [2.75, 3.05) is 6.54 Å². The van der Waals surface area contributed by atoms with E-state index in [4.69, 9.17) is 4.74 Å². The molecule has 2 fully saturated rings. The normalized spacial score (nSPS) is 23.9. The summed E-state index contributed by atoms with van der Waals surface area (Å²) in [6.45, 7) is 9.29. The van der Waals surface area contributed by atoms with Crippen molar-refractivity contribution in [1.82, 2.24) is 10.2 Å². The van der Waals surface area contributed by atoms with Crippen LogP contribution in [0.25, 0.3) is 6.08 Å². The van der Waals surface area contributed by atoms with E-state index in [-0.39, 0.29) is 35.9 Å². The summed E-state index contributed by atoms with van der Waals surface area (Å²) in [6.07, 6.45) is 4.50. The standard InChI is InChI=1S/C29H36N2O3/c1-20-10-12-22(13-11-20)18-30-27(32)19-31-24-17-23(29(2,3)4)14-15-25(24)34-26(28(31)33)16-21-8-6-5-7-9-21/h5-13,16,23-25H,14-15,17-19H2,1-4H3,(H,30,32)/b26-16-. The first kappa shape index (κ1) is 24.1. The average molecular weight is 461 g/mol. The predicted molar refractivity (Wildman–Crippen MR) is 135 cm³/mol. The molecule has 1 N–H and O–H groups in total. The first-order valence-electron chi connectivity index (χ1n) is 12.3. The van der Waals surface area contributed by atoms with Crippen LogP contribution in [0.5, 0.6) is 0 Å². The van der Waals surface area contributed by atoms with Crippen molar-refractivity contribution in [1.29, 1.82) is 0 Å². The summed E-state index contributed by atoms with van der Waals surface area (Å²) >= 11 is 0. The van der Waals surface area contributed by atoms with Gasteiger partial charge in [-0.25, -0.2) is 0 Å². The number of benzene rings is 2. The van der Waals surface area contributed by atoms with Gasteiger partial charge in [-0.05, 0) is 54.7 Å². The van der Waals surface area contributed by atoms with Crippen LogP contribution in [0.2, 0.25) is 0 Å². The van der Waals surface area contributed by atoms with E-state index in [1.54, 1.807) is 11.0 Å². The number of hydrogen-bond donors (Lipinski definition) is 1. The lowest BCUT2D eigenvalue weighted by atomic mass is 9.69. The van der Waals surface area contributed by atoms with Gasteiger partial charge in [0.2, 0.25) is 5.91 Å². The molecule has 1 aliphatic carbocycles. The first-order chi connectivity index (χ1) is 16.2. The predicted octanol–water partition coefficient (Wildman–Crippen LogP) is 5.09. The van der Waals surface area contributed by atoms with Crippen LogP contribution in [0.4, 0.5) is 0 Å². The van der Waals surface area contributed by atoms with Crippen LogP contribution in [-0.4, -0.2) is 35.4 Å². The fourth-order valence-electron chi connectivity index (χ4n) is 4.98. The maximum atomic E-state index is 13.5. The summed E-state index contributed by atoms with van der Waals surface area (Å²) in [7, 11) is 0. The Morgan fingerprint density at radius 1 is 1.09 bits per heavy atom. The van der Waals surface area contributed by atoms with E-state index in [0.29, 0.717) is 18.2 Å². The fourth-order valence-corrected chi connectivity index (χ4v) is 4.98. The zero-order valence-electron chi connectivity index (χ0n) is 20.7. The topological polar surface area (TPSA) is 58.6 Å². The number of hydrogen-bond acceptors (Lipinski definition) is 3. The third kappa shape index (κ3) is 5.69. The number of nitrogens with one attached hydrogen (secondary N) is 1. The molecule has 4 rings (SSSR count). The average Bonchev–Trinajstić information content (AvgIpc) is 2.81. The molecule has 180 valence electrons. The summed E-state index contributed by atoms with van der Waals surface area (Å²) in [4.78, 5) is 28.2. The number of rotatable bonds is 5. The van der Waals surface area contributed by atoms with Gasteiger partial charge in [0.15, 0.2) is 5.76 Å². The molecule has 0 bridgehead atoms. The SMILES string of the molecule is Cc1ccc(CNC(=O)CN2C(=O)/C(=C/c3ccccc3)OC3CCC(C(C)(C)C)CC32)cc1. The Morgan fingerprint density at radius 3 is 2.47 bits per heavy atom. The molecule has 1 saturated heterocycles. The van der Waals surface area contributed by atoms with Gasteiger partial charge in [-0.15, -0.1) is 0 Å². The number of aryl methyl sites for hydroxylation is 1. The zero-order valence-corrected chi connectivity index (χ0v) is 20.7. The molecule has 34 heavy (non-hydrogen) atoms. The fraction of sp³-hybridized carbons (Fsp3) is 0.448. The molecule has 0 aromatic heterocycles. The van der Waals surface area contributed by atoms with Crippen LogP contribution in [0.3, 0.4) is 0 Å². The van der Waals surface area contributed by atoms with Crippen LogP contribution >= 0.6 is 0 Å². The molecule has 1 saturated carbocycles. The van der Waals surface area contributed by atoms with Crippen molar-refractivity contribution in [3.8, 4) is 0 Å². The molecule has 1 heterocycles. The summed E-state index contributed by atoms with van der Waals surface area (Å²) in [6, 6.07) is 17.7. The molecular formula is C29H36N2O3.